The molecule has 2 aromatic carbocycles. The van der Waals surface area contributed by atoms with Crippen molar-refractivity contribution >= 4 is 44.9 Å². The fourth-order valence-electron chi connectivity index (χ4n) is 3.55. The van der Waals surface area contributed by atoms with Crippen LogP contribution in [0.3, 0.4) is 0 Å². The highest BCUT2D eigenvalue weighted by Crippen LogP contribution is 2.30. The highest BCUT2D eigenvalue weighted by atomic mass is 79.9. The van der Waals surface area contributed by atoms with Gasteiger partial charge in [0.25, 0.3) is 0 Å². The number of fused-ring (bicyclic) bond motifs is 1. The van der Waals surface area contributed by atoms with Crippen LogP contribution in [-0.2, 0) is 17.9 Å². The lowest BCUT2D eigenvalue weighted by Crippen LogP contribution is -2.22. The highest BCUT2D eigenvalue weighted by molar-refractivity contribution is 9.10. The van der Waals surface area contributed by atoms with Gasteiger partial charge in [0, 0.05) is 36.2 Å². The minimum atomic E-state index is 0.0980. The number of nitrogens with one attached hydrogen (secondary N) is 2. The van der Waals surface area contributed by atoms with Gasteiger partial charge in [-0.2, -0.15) is 9.61 Å². The Morgan fingerprint density at radius 2 is 1.79 bits per heavy atom. The number of amides is 1. The molecule has 4 aromatic rings. The lowest BCUT2D eigenvalue weighted by Gasteiger charge is -2.12. The molecule has 0 atom stereocenters. The van der Waals surface area contributed by atoms with E-state index in [0.29, 0.717) is 36.1 Å². The van der Waals surface area contributed by atoms with Crippen LogP contribution in [0.2, 0.25) is 5.02 Å². The van der Waals surface area contributed by atoms with E-state index in [1.165, 1.54) is 0 Å². The summed E-state index contributed by atoms with van der Waals surface area (Å²) in [4.78, 5) is 16.7. The summed E-state index contributed by atoms with van der Waals surface area (Å²) in [7, 11) is 0. The van der Waals surface area contributed by atoms with Crippen molar-refractivity contribution in [2.45, 2.75) is 39.8 Å². The van der Waals surface area contributed by atoms with E-state index in [9.17, 15) is 4.79 Å². The average Bonchev–Trinajstić information content (AvgIpc) is 3.21. The van der Waals surface area contributed by atoms with Crippen LogP contribution in [0.15, 0.2) is 65.3 Å². The first-order valence-electron chi connectivity index (χ1n) is 11.3. The van der Waals surface area contributed by atoms with E-state index in [1.807, 2.05) is 42.5 Å². The Hall–Kier alpha value is -2.90. The summed E-state index contributed by atoms with van der Waals surface area (Å²) in [6, 6.07) is 17.8. The number of carbonyl (C=O) groups is 1. The molecule has 2 aromatic heterocycles. The molecule has 0 saturated heterocycles. The summed E-state index contributed by atoms with van der Waals surface area (Å²) in [5.74, 6) is 1.44. The number of rotatable bonds is 9. The predicted molar refractivity (Wildman–Crippen MR) is 141 cm³/mol. The normalized spacial score (nSPS) is 11.2. The van der Waals surface area contributed by atoms with Gasteiger partial charge < -0.3 is 10.6 Å². The third-order valence-corrected chi connectivity index (χ3v) is 6.40. The van der Waals surface area contributed by atoms with E-state index < -0.39 is 0 Å². The maximum Gasteiger partial charge on any atom is 0.220 e. The number of aromatic nitrogens is 3. The zero-order valence-corrected chi connectivity index (χ0v) is 21.5. The van der Waals surface area contributed by atoms with Gasteiger partial charge in [0.2, 0.25) is 5.91 Å². The Labute approximate surface area is 212 Å². The standard InChI is InChI=1S/C26H27BrClN5O/c1-17(2)7-12-25(34)30-15-19-10-8-18(9-11-19)14-29-24-13-23(20-5-3-4-6-22(20)28)32-26-21(27)16-31-33(24)26/h3-6,8-11,13,16-17,29H,7,12,14-15H2,1-2H3,(H,30,34). The molecular formula is C26H27BrClN5O. The number of halogens is 2. The number of nitrogens with zero attached hydrogens (tertiary/aromatic N) is 3. The summed E-state index contributed by atoms with van der Waals surface area (Å²) < 4.78 is 2.58. The third kappa shape index (κ3) is 5.96. The Bertz CT molecular complexity index is 1290. The van der Waals surface area contributed by atoms with E-state index in [-0.39, 0.29) is 5.91 Å². The molecule has 2 N–H and O–H groups in total. The van der Waals surface area contributed by atoms with Gasteiger partial charge in [0.1, 0.15) is 5.82 Å². The molecule has 8 heteroatoms. The molecule has 0 aliphatic carbocycles. The molecule has 0 radical (unpaired) electrons. The van der Waals surface area contributed by atoms with Gasteiger partial charge in [-0.15, -0.1) is 0 Å². The van der Waals surface area contributed by atoms with Crippen LogP contribution in [0.1, 0.15) is 37.8 Å². The molecule has 176 valence electrons. The predicted octanol–water partition coefficient (Wildman–Crippen LogP) is 6.48. The third-order valence-electron chi connectivity index (χ3n) is 5.51. The highest BCUT2D eigenvalue weighted by Gasteiger charge is 2.13. The first kappa shape index (κ1) is 24.2. The van der Waals surface area contributed by atoms with E-state index in [4.69, 9.17) is 16.6 Å². The zero-order valence-electron chi connectivity index (χ0n) is 19.2. The van der Waals surface area contributed by atoms with Gasteiger partial charge in [-0.3, -0.25) is 4.79 Å². The van der Waals surface area contributed by atoms with Gasteiger partial charge in [0.05, 0.1) is 16.4 Å². The van der Waals surface area contributed by atoms with E-state index >= 15 is 0 Å². The smallest absolute Gasteiger partial charge is 0.220 e. The maximum absolute atomic E-state index is 12.0. The molecule has 0 unspecified atom stereocenters. The first-order valence-corrected chi connectivity index (χ1v) is 12.5. The van der Waals surface area contributed by atoms with Crippen molar-refractivity contribution in [2.75, 3.05) is 5.32 Å². The van der Waals surface area contributed by atoms with Crippen LogP contribution in [0.25, 0.3) is 16.9 Å². The molecular weight excluding hydrogens is 514 g/mol. The Morgan fingerprint density at radius 1 is 1.09 bits per heavy atom. The average molecular weight is 541 g/mol. The molecule has 0 bridgehead atoms. The number of hydrogen-bond acceptors (Lipinski definition) is 4. The minimum Gasteiger partial charge on any atom is -0.366 e. The van der Waals surface area contributed by atoms with Gasteiger partial charge in [0.15, 0.2) is 5.65 Å². The monoisotopic (exact) mass is 539 g/mol. The van der Waals surface area contributed by atoms with Crippen molar-refractivity contribution < 1.29 is 4.79 Å². The lowest BCUT2D eigenvalue weighted by molar-refractivity contribution is -0.121. The van der Waals surface area contributed by atoms with Crippen molar-refractivity contribution in [3.8, 4) is 11.3 Å². The number of hydrogen-bond donors (Lipinski definition) is 2. The molecule has 1 amide bonds. The SMILES string of the molecule is CC(C)CCC(=O)NCc1ccc(CNc2cc(-c3ccccc3Cl)nc3c(Br)cnn23)cc1. The topological polar surface area (TPSA) is 71.3 Å². The van der Waals surface area contributed by atoms with Crippen molar-refractivity contribution in [2.24, 2.45) is 5.92 Å². The molecule has 4 rings (SSSR count). The summed E-state index contributed by atoms with van der Waals surface area (Å²) in [6.45, 7) is 5.40. The van der Waals surface area contributed by atoms with Crippen molar-refractivity contribution in [1.82, 2.24) is 19.9 Å². The molecule has 0 aliphatic rings. The van der Waals surface area contributed by atoms with Crippen LogP contribution in [0, 0.1) is 5.92 Å². The Balaban J connectivity index is 1.45. The molecule has 34 heavy (non-hydrogen) atoms. The molecule has 0 spiro atoms. The van der Waals surface area contributed by atoms with E-state index in [0.717, 1.165) is 39.1 Å². The first-order chi connectivity index (χ1) is 16.4. The molecule has 6 nitrogen and oxygen atoms in total. The maximum atomic E-state index is 12.0. The lowest BCUT2D eigenvalue weighted by atomic mass is 10.1. The molecule has 0 aliphatic heterocycles. The number of anilines is 1. The Kier molecular flexibility index (Phi) is 7.85. The van der Waals surface area contributed by atoms with Crippen molar-refractivity contribution in [3.63, 3.8) is 0 Å². The largest absolute Gasteiger partial charge is 0.366 e. The number of benzene rings is 2. The van der Waals surface area contributed by atoms with Crippen LogP contribution in [0.5, 0.6) is 0 Å². The van der Waals surface area contributed by atoms with E-state index in [1.54, 1.807) is 10.7 Å². The van der Waals surface area contributed by atoms with Gasteiger partial charge in [-0.05, 0) is 45.5 Å². The van der Waals surface area contributed by atoms with Gasteiger partial charge in [-0.25, -0.2) is 4.98 Å². The van der Waals surface area contributed by atoms with Crippen LogP contribution < -0.4 is 10.6 Å². The second kappa shape index (κ2) is 11.0. The van der Waals surface area contributed by atoms with Crippen LogP contribution in [-0.4, -0.2) is 20.5 Å². The summed E-state index contributed by atoms with van der Waals surface area (Å²) in [6.07, 6.45) is 3.21. The van der Waals surface area contributed by atoms with Crippen molar-refractivity contribution in [3.05, 3.63) is 81.4 Å². The Morgan fingerprint density at radius 3 is 2.50 bits per heavy atom. The van der Waals surface area contributed by atoms with Crippen LogP contribution in [0.4, 0.5) is 5.82 Å². The summed E-state index contributed by atoms with van der Waals surface area (Å²) in [5.41, 5.74) is 4.53. The van der Waals surface area contributed by atoms with Crippen LogP contribution >= 0.6 is 27.5 Å². The summed E-state index contributed by atoms with van der Waals surface area (Å²) in [5, 5.41) is 11.5. The second-order valence-corrected chi connectivity index (χ2v) is 9.88. The second-order valence-electron chi connectivity index (χ2n) is 8.61. The fourth-order valence-corrected chi connectivity index (χ4v) is 4.13. The summed E-state index contributed by atoms with van der Waals surface area (Å²) >= 11 is 9.95. The zero-order chi connectivity index (χ0) is 24.1. The van der Waals surface area contributed by atoms with E-state index in [2.05, 4.69) is 57.6 Å². The van der Waals surface area contributed by atoms with Crippen molar-refractivity contribution in [1.29, 1.82) is 0 Å². The van der Waals surface area contributed by atoms with Gasteiger partial charge >= 0.3 is 0 Å². The quantitative estimate of drug-likeness (QED) is 0.255. The minimum absolute atomic E-state index is 0.0980. The number of carbonyl (C=O) groups excluding carboxylic acids is 1. The van der Waals surface area contributed by atoms with Gasteiger partial charge in [-0.1, -0.05) is 67.9 Å². The molecule has 0 fully saturated rings. The fraction of sp³-hybridized carbons (Fsp3) is 0.269. The molecule has 2 heterocycles. The molecule has 0 saturated carbocycles.